The molecule has 2 aromatic rings. The van der Waals surface area contributed by atoms with Gasteiger partial charge < -0.3 is 0 Å². The van der Waals surface area contributed by atoms with E-state index in [4.69, 9.17) is 0 Å². The fourth-order valence-corrected chi connectivity index (χ4v) is 13.9. The van der Waals surface area contributed by atoms with Crippen molar-refractivity contribution in [2.45, 2.75) is 50.6 Å². The Morgan fingerprint density at radius 2 is 1.44 bits per heavy atom. The van der Waals surface area contributed by atoms with E-state index in [0.717, 1.165) is 0 Å². The van der Waals surface area contributed by atoms with Gasteiger partial charge >= 0.3 is 171 Å². The molecule has 0 saturated heterocycles. The molecular weight excluding hydrogens is 419 g/mol. The number of ketones is 1. The summed E-state index contributed by atoms with van der Waals surface area (Å²) in [5, 5.41) is 8.90. The predicted molar refractivity (Wildman–Crippen MR) is 121 cm³/mol. The van der Waals surface area contributed by atoms with Crippen LogP contribution in [0.25, 0.3) is 0 Å². The van der Waals surface area contributed by atoms with E-state index >= 15 is 0 Å². The Labute approximate surface area is 171 Å². The van der Waals surface area contributed by atoms with Crippen molar-refractivity contribution in [3.63, 3.8) is 0 Å². The monoisotopic (exact) mass is 448 g/mol. The molecule has 2 nitrogen and oxygen atoms in total. The van der Waals surface area contributed by atoms with E-state index in [0.29, 0.717) is 24.7 Å². The van der Waals surface area contributed by atoms with Gasteiger partial charge in [0, 0.05) is 0 Å². The van der Waals surface area contributed by atoms with Crippen LogP contribution in [0.5, 0.6) is 0 Å². The molecule has 0 atom stereocenters. The summed E-state index contributed by atoms with van der Waals surface area (Å²) in [6.07, 6.45) is 7.64. The molecule has 0 spiro atoms. The van der Waals surface area contributed by atoms with Crippen LogP contribution in [0.3, 0.4) is 0 Å². The van der Waals surface area contributed by atoms with Crippen molar-refractivity contribution in [1.82, 2.24) is 0 Å². The van der Waals surface area contributed by atoms with E-state index in [1.165, 1.54) is 42.7 Å². The molecule has 1 N–H and O–H groups in total. The summed E-state index contributed by atoms with van der Waals surface area (Å²) in [5.74, 6) is 0.261. The Morgan fingerprint density at radius 1 is 0.926 bits per heavy atom. The van der Waals surface area contributed by atoms with Crippen LogP contribution in [0.1, 0.15) is 44.9 Å². The molecular formula is C23H30BrO2P. The molecule has 0 unspecified atom stereocenters. The summed E-state index contributed by atoms with van der Waals surface area (Å²) in [7, 11) is 0. The topological polar surface area (TPSA) is 37.3 Å². The van der Waals surface area contributed by atoms with Crippen LogP contribution < -0.4 is 10.6 Å². The first-order chi connectivity index (χ1) is 13.1. The van der Waals surface area contributed by atoms with Gasteiger partial charge in [-0.1, -0.05) is 0 Å². The summed E-state index contributed by atoms with van der Waals surface area (Å²) >= 11 is 4.41. The van der Waals surface area contributed by atoms with Crippen molar-refractivity contribution >= 4 is 37.2 Å². The molecule has 0 radical (unpaired) electrons. The molecule has 3 rings (SSSR count). The zero-order chi connectivity index (χ0) is 19.2. The molecule has 1 saturated carbocycles. The van der Waals surface area contributed by atoms with Gasteiger partial charge in [-0.15, -0.1) is 0 Å². The van der Waals surface area contributed by atoms with Crippen molar-refractivity contribution in [2.75, 3.05) is 12.8 Å². The van der Waals surface area contributed by atoms with Gasteiger partial charge in [0.1, 0.15) is 0 Å². The van der Waals surface area contributed by atoms with Gasteiger partial charge in [-0.25, -0.2) is 0 Å². The third kappa shape index (κ3) is 4.06. The molecule has 4 heteroatoms. The summed E-state index contributed by atoms with van der Waals surface area (Å²) < 4.78 is 0. The summed E-state index contributed by atoms with van der Waals surface area (Å²) in [5.41, 5.74) is 0.479. The van der Waals surface area contributed by atoms with E-state index in [-0.39, 0.29) is 12.4 Å². The molecule has 0 heterocycles. The van der Waals surface area contributed by atoms with Gasteiger partial charge in [-0.3, -0.25) is 0 Å². The maximum absolute atomic E-state index is 13.1. The summed E-state index contributed by atoms with van der Waals surface area (Å²) in [6, 6.07) is 21.4. The van der Waals surface area contributed by atoms with Crippen LogP contribution in [-0.2, 0) is 4.79 Å². The van der Waals surface area contributed by atoms with Crippen LogP contribution in [0, 0.1) is 0 Å². The van der Waals surface area contributed by atoms with E-state index in [2.05, 4.69) is 76.2 Å². The zero-order valence-corrected chi connectivity index (χ0v) is 18.4. The Kier molecular flexibility index (Phi) is 6.89. The van der Waals surface area contributed by atoms with Gasteiger partial charge in [0.05, 0.1) is 0 Å². The number of rotatable bonds is 8. The molecule has 1 fully saturated rings. The number of carbonyl (C=O) groups excluding carboxylic acids is 1. The second-order valence-corrected chi connectivity index (χ2v) is 17.2. The molecule has 0 aliphatic heterocycles. The minimum absolute atomic E-state index is 0.0735. The number of Topliss-reactive ketones (excluding diaryl/α,β-unsaturated/α-hetero) is 1. The number of halogens is 1. The van der Waals surface area contributed by atoms with E-state index < -0.39 is 5.31 Å². The molecule has 0 bridgehead atoms. The first-order valence-corrected chi connectivity index (χ1v) is 14.6. The molecule has 0 aromatic heterocycles. The third-order valence-corrected chi connectivity index (χ3v) is 16.9. The maximum atomic E-state index is 13.1. The van der Waals surface area contributed by atoms with Crippen LogP contribution >= 0.6 is 20.8 Å². The van der Waals surface area contributed by atoms with E-state index in [1.807, 2.05) is 0 Å². The van der Waals surface area contributed by atoms with E-state index in [9.17, 15) is 9.90 Å². The second-order valence-electron chi connectivity index (χ2n) is 7.74. The summed E-state index contributed by atoms with van der Waals surface area (Å²) in [4.78, 5) is 13.1. The molecule has 27 heavy (non-hydrogen) atoms. The van der Waals surface area contributed by atoms with Gasteiger partial charge in [0.15, 0.2) is 0 Å². The first kappa shape index (κ1) is 20.7. The Bertz CT molecular complexity index is 702. The fraction of sp³-hybridized carbons (Fsp3) is 0.435. The average molecular weight is 449 g/mol. The number of aliphatic hydroxyl groups excluding tert-OH is 1. The van der Waals surface area contributed by atoms with Gasteiger partial charge in [-0.05, 0) is 0 Å². The Balaban J connectivity index is 2.19. The van der Waals surface area contributed by atoms with Crippen LogP contribution in [0.15, 0.2) is 60.7 Å². The van der Waals surface area contributed by atoms with Crippen molar-refractivity contribution < 1.29 is 9.90 Å². The molecule has 1 aliphatic carbocycles. The van der Waals surface area contributed by atoms with Gasteiger partial charge in [-0.2, -0.15) is 0 Å². The van der Waals surface area contributed by atoms with Gasteiger partial charge in [0.25, 0.3) is 0 Å². The predicted octanol–water partition coefficient (Wildman–Crippen LogP) is 5.17. The van der Waals surface area contributed by atoms with Crippen LogP contribution in [0.2, 0.25) is 0 Å². The standard InChI is InChI=1S/C23H30BrO2P/c24-27(19-20(26)11-10-18-25,21-12-4-1-5-13-21,22-14-6-2-7-15-22)23-16-8-3-9-17-23/h1-2,4-7,12-15,23,25H,3,8-11,16-19H2. The van der Waals surface area contributed by atoms with Crippen molar-refractivity contribution in [3.05, 3.63) is 60.7 Å². The minimum atomic E-state index is -2.89. The Morgan fingerprint density at radius 3 is 1.93 bits per heavy atom. The normalized spacial score (nSPS) is 17.2. The number of hydrogen-bond donors (Lipinski definition) is 1. The quantitative estimate of drug-likeness (QED) is 0.565. The van der Waals surface area contributed by atoms with Crippen molar-refractivity contribution in [1.29, 1.82) is 0 Å². The Hall–Kier alpha value is -1.02. The first-order valence-electron chi connectivity index (χ1n) is 10.1. The van der Waals surface area contributed by atoms with Crippen molar-refractivity contribution in [3.8, 4) is 0 Å². The van der Waals surface area contributed by atoms with Crippen LogP contribution in [-0.4, -0.2) is 29.3 Å². The zero-order valence-electron chi connectivity index (χ0n) is 15.9. The summed E-state index contributed by atoms with van der Waals surface area (Å²) in [6.45, 7) is 0.0735. The molecule has 146 valence electrons. The average Bonchev–Trinajstić information content (AvgIpc) is 2.74. The number of hydrogen-bond acceptors (Lipinski definition) is 2. The second kappa shape index (κ2) is 8.99. The molecule has 2 aromatic carbocycles. The molecule has 1 aliphatic rings. The van der Waals surface area contributed by atoms with Gasteiger partial charge in [0.2, 0.25) is 0 Å². The fourth-order valence-electron chi connectivity index (χ4n) is 4.70. The number of aliphatic hydroxyl groups is 1. The van der Waals surface area contributed by atoms with Crippen LogP contribution in [0.4, 0.5) is 0 Å². The van der Waals surface area contributed by atoms with E-state index in [1.54, 1.807) is 0 Å². The number of benzene rings is 2. The van der Waals surface area contributed by atoms with Crippen molar-refractivity contribution in [2.24, 2.45) is 0 Å². The number of carbonyl (C=O) groups is 1. The molecule has 0 amide bonds. The SMILES string of the molecule is O=C(CCCO)CP(Br)(c1ccccc1)(c1ccccc1)C1CCCCC1. The third-order valence-electron chi connectivity index (χ3n) is 6.06.